The number of halogens is 1. The van der Waals surface area contributed by atoms with Crippen LogP contribution in [0.3, 0.4) is 0 Å². The minimum absolute atomic E-state index is 0.386. The predicted octanol–water partition coefficient (Wildman–Crippen LogP) is 2.41. The second-order valence-corrected chi connectivity index (χ2v) is 3.12. The van der Waals surface area contributed by atoms with Crippen LogP contribution in [0.1, 0.15) is 17.3 Å². The van der Waals surface area contributed by atoms with E-state index in [-0.39, 0.29) is 0 Å². The van der Waals surface area contributed by atoms with Crippen molar-refractivity contribution in [1.82, 2.24) is 0 Å². The Kier molecular flexibility index (Phi) is 3.49. The van der Waals surface area contributed by atoms with Gasteiger partial charge in [0.05, 0.1) is 5.56 Å². The third-order valence-corrected chi connectivity index (χ3v) is 1.80. The Morgan fingerprint density at radius 3 is 2.57 bits per heavy atom. The lowest BCUT2D eigenvalue weighted by atomic mass is 10.2. The fourth-order valence-electron chi connectivity index (χ4n) is 0.841. The summed E-state index contributed by atoms with van der Waals surface area (Å²) in [4.78, 5) is 11.3. The molecule has 0 aliphatic heterocycles. The number of rotatable bonds is 2. The molecule has 1 atom stereocenters. The molecule has 0 saturated heterocycles. The van der Waals surface area contributed by atoms with Crippen LogP contribution < -0.4 is 0 Å². The van der Waals surface area contributed by atoms with E-state index < -0.39 is 12.1 Å². The number of carbonyl (C=O) groups excluding carboxylic acids is 1. The molecule has 0 aliphatic carbocycles. The number of hydrogen-bond donors (Lipinski definition) is 0. The molecule has 0 amide bonds. The topological polar surface area (TPSA) is 50.1 Å². The van der Waals surface area contributed by atoms with E-state index in [1.54, 1.807) is 24.3 Å². The molecule has 0 radical (unpaired) electrons. The van der Waals surface area contributed by atoms with Gasteiger partial charge in [0.2, 0.25) is 0 Å². The molecule has 72 valence electrons. The Morgan fingerprint density at radius 1 is 1.50 bits per heavy atom. The Hall–Kier alpha value is -1.53. The first-order chi connectivity index (χ1) is 6.63. The fourth-order valence-corrected chi connectivity index (χ4v) is 0.967. The molecule has 0 heterocycles. The van der Waals surface area contributed by atoms with Gasteiger partial charge in [0.15, 0.2) is 6.10 Å². The summed E-state index contributed by atoms with van der Waals surface area (Å²) in [5.41, 5.74) is 0.386. The average molecular weight is 210 g/mol. The number of benzene rings is 1. The summed E-state index contributed by atoms with van der Waals surface area (Å²) in [6.07, 6.45) is -0.738. The maximum atomic E-state index is 11.3. The Bertz CT molecular complexity index is 367. The van der Waals surface area contributed by atoms with Crippen molar-refractivity contribution in [3.8, 4) is 6.07 Å². The quantitative estimate of drug-likeness (QED) is 0.703. The van der Waals surface area contributed by atoms with Crippen molar-refractivity contribution in [2.45, 2.75) is 13.0 Å². The minimum atomic E-state index is -0.738. The second-order valence-electron chi connectivity index (χ2n) is 2.68. The number of esters is 1. The number of hydrogen-bond acceptors (Lipinski definition) is 3. The van der Waals surface area contributed by atoms with Gasteiger partial charge in [0.25, 0.3) is 0 Å². The van der Waals surface area contributed by atoms with Crippen LogP contribution in [0.5, 0.6) is 0 Å². The average Bonchev–Trinajstić information content (AvgIpc) is 2.18. The van der Waals surface area contributed by atoms with Crippen molar-refractivity contribution in [1.29, 1.82) is 5.26 Å². The van der Waals surface area contributed by atoms with Gasteiger partial charge in [0, 0.05) is 5.02 Å². The lowest BCUT2D eigenvalue weighted by Gasteiger charge is -2.05. The first kappa shape index (κ1) is 10.6. The predicted molar refractivity (Wildman–Crippen MR) is 51.9 cm³/mol. The first-order valence-corrected chi connectivity index (χ1v) is 4.37. The van der Waals surface area contributed by atoms with Gasteiger partial charge in [-0.3, -0.25) is 0 Å². The molecule has 1 aromatic rings. The van der Waals surface area contributed by atoms with Crippen LogP contribution >= 0.6 is 11.6 Å². The largest absolute Gasteiger partial charge is 0.444 e. The van der Waals surface area contributed by atoms with Gasteiger partial charge in [-0.15, -0.1) is 0 Å². The molecule has 0 aromatic heterocycles. The zero-order chi connectivity index (χ0) is 10.6. The van der Waals surface area contributed by atoms with E-state index in [1.165, 1.54) is 6.92 Å². The summed E-state index contributed by atoms with van der Waals surface area (Å²) in [6, 6.07) is 8.09. The van der Waals surface area contributed by atoms with Crippen LogP contribution in [0.4, 0.5) is 0 Å². The number of nitriles is 1. The minimum Gasteiger partial charge on any atom is -0.444 e. The SMILES string of the molecule is CC(C#N)OC(=O)c1ccc(Cl)cc1. The van der Waals surface area contributed by atoms with E-state index >= 15 is 0 Å². The Morgan fingerprint density at radius 2 is 2.07 bits per heavy atom. The van der Waals surface area contributed by atoms with Gasteiger partial charge < -0.3 is 4.74 Å². The zero-order valence-electron chi connectivity index (χ0n) is 7.53. The summed E-state index contributed by atoms with van der Waals surface area (Å²) >= 11 is 5.64. The molecule has 1 unspecified atom stereocenters. The first-order valence-electron chi connectivity index (χ1n) is 3.99. The van der Waals surface area contributed by atoms with Crippen molar-refractivity contribution in [3.05, 3.63) is 34.9 Å². The van der Waals surface area contributed by atoms with Crippen molar-refractivity contribution in [3.63, 3.8) is 0 Å². The molecule has 0 spiro atoms. The van der Waals surface area contributed by atoms with E-state index in [0.29, 0.717) is 10.6 Å². The smallest absolute Gasteiger partial charge is 0.339 e. The number of nitrogens with zero attached hydrogens (tertiary/aromatic N) is 1. The van der Waals surface area contributed by atoms with Crippen molar-refractivity contribution in [2.75, 3.05) is 0 Å². The number of ether oxygens (including phenoxy) is 1. The van der Waals surface area contributed by atoms with Crippen LogP contribution in [0, 0.1) is 11.3 Å². The molecule has 1 aromatic carbocycles. The van der Waals surface area contributed by atoms with Gasteiger partial charge in [-0.25, -0.2) is 4.79 Å². The molecule has 14 heavy (non-hydrogen) atoms. The third kappa shape index (κ3) is 2.75. The standard InChI is InChI=1S/C10H8ClNO2/c1-7(6-12)14-10(13)8-2-4-9(11)5-3-8/h2-5,7H,1H3. The maximum absolute atomic E-state index is 11.3. The van der Waals surface area contributed by atoms with Gasteiger partial charge >= 0.3 is 5.97 Å². The fraction of sp³-hybridized carbons (Fsp3) is 0.200. The van der Waals surface area contributed by atoms with Crippen molar-refractivity contribution < 1.29 is 9.53 Å². The highest BCUT2D eigenvalue weighted by Gasteiger charge is 2.10. The van der Waals surface area contributed by atoms with Crippen LogP contribution in [-0.4, -0.2) is 12.1 Å². The lowest BCUT2D eigenvalue weighted by Crippen LogP contribution is -2.12. The van der Waals surface area contributed by atoms with Gasteiger partial charge in [-0.05, 0) is 31.2 Å². The van der Waals surface area contributed by atoms with Crippen molar-refractivity contribution in [2.24, 2.45) is 0 Å². The third-order valence-electron chi connectivity index (χ3n) is 1.55. The second kappa shape index (κ2) is 4.64. The van der Waals surface area contributed by atoms with Crippen LogP contribution in [-0.2, 0) is 4.74 Å². The highest BCUT2D eigenvalue weighted by Crippen LogP contribution is 2.10. The van der Waals surface area contributed by atoms with Gasteiger partial charge in [0.1, 0.15) is 6.07 Å². The van der Waals surface area contributed by atoms with E-state index in [2.05, 4.69) is 0 Å². The summed E-state index contributed by atoms with van der Waals surface area (Å²) in [6.45, 7) is 1.51. The number of carbonyl (C=O) groups is 1. The zero-order valence-corrected chi connectivity index (χ0v) is 8.28. The summed E-state index contributed by atoms with van der Waals surface area (Å²) in [7, 11) is 0. The molecule has 0 aliphatic rings. The van der Waals surface area contributed by atoms with Gasteiger partial charge in [-0.2, -0.15) is 5.26 Å². The van der Waals surface area contributed by atoms with Crippen LogP contribution in [0.2, 0.25) is 5.02 Å². The molecule has 4 heteroatoms. The van der Waals surface area contributed by atoms with E-state index in [1.807, 2.05) is 6.07 Å². The summed E-state index contributed by atoms with van der Waals surface area (Å²) in [5, 5.41) is 8.98. The molecule has 0 N–H and O–H groups in total. The maximum Gasteiger partial charge on any atom is 0.339 e. The molecule has 3 nitrogen and oxygen atoms in total. The molecular weight excluding hydrogens is 202 g/mol. The lowest BCUT2D eigenvalue weighted by molar-refractivity contribution is 0.0435. The van der Waals surface area contributed by atoms with Crippen LogP contribution in [0.25, 0.3) is 0 Å². The highest BCUT2D eigenvalue weighted by molar-refractivity contribution is 6.30. The molecule has 0 bridgehead atoms. The molecule has 0 fully saturated rings. The molecular formula is C10H8ClNO2. The van der Waals surface area contributed by atoms with Gasteiger partial charge in [-0.1, -0.05) is 11.6 Å². The Balaban J connectivity index is 2.71. The molecule has 0 saturated carbocycles. The van der Waals surface area contributed by atoms with E-state index in [4.69, 9.17) is 21.6 Å². The van der Waals surface area contributed by atoms with E-state index in [0.717, 1.165) is 0 Å². The Labute approximate surface area is 86.9 Å². The van der Waals surface area contributed by atoms with Crippen LogP contribution in [0.15, 0.2) is 24.3 Å². The summed E-state index contributed by atoms with van der Waals surface area (Å²) < 4.78 is 4.78. The molecule has 1 rings (SSSR count). The monoisotopic (exact) mass is 209 g/mol. The highest BCUT2D eigenvalue weighted by atomic mass is 35.5. The van der Waals surface area contributed by atoms with Crippen molar-refractivity contribution >= 4 is 17.6 Å². The normalized spacial score (nSPS) is 11.5. The summed E-state index contributed by atoms with van der Waals surface area (Å²) in [5.74, 6) is -0.518. The van der Waals surface area contributed by atoms with E-state index in [9.17, 15) is 4.79 Å².